The summed E-state index contributed by atoms with van der Waals surface area (Å²) >= 11 is 1.65. The van der Waals surface area contributed by atoms with E-state index in [1.54, 1.807) is 36.9 Å². The quantitative estimate of drug-likeness (QED) is 0.550. The molecule has 27 heavy (non-hydrogen) atoms. The van der Waals surface area contributed by atoms with E-state index in [2.05, 4.69) is 4.98 Å². The third-order valence-electron chi connectivity index (χ3n) is 4.65. The molecule has 1 saturated carbocycles. The third kappa shape index (κ3) is 4.45. The van der Waals surface area contributed by atoms with E-state index in [0.717, 1.165) is 4.90 Å². The van der Waals surface area contributed by atoms with Gasteiger partial charge in [0.25, 0.3) is 0 Å². The summed E-state index contributed by atoms with van der Waals surface area (Å²) in [6.07, 6.45) is 2.51. The first-order chi connectivity index (χ1) is 13.0. The Hall–Kier alpha value is -2.47. The maximum Gasteiger partial charge on any atom is 0.219 e. The van der Waals surface area contributed by atoms with Gasteiger partial charge in [0, 0.05) is 41.8 Å². The summed E-state index contributed by atoms with van der Waals surface area (Å²) in [7, 11) is 0. The van der Waals surface area contributed by atoms with Gasteiger partial charge >= 0.3 is 0 Å². The van der Waals surface area contributed by atoms with Crippen LogP contribution in [0, 0.1) is 5.92 Å². The molecule has 1 aromatic carbocycles. The first-order valence-corrected chi connectivity index (χ1v) is 10.1. The molecule has 1 aliphatic carbocycles. The monoisotopic (exact) mass is 383 g/mol. The molecule has 0 spiro atoms. The van der Waals surface area contributed by atoms with Crippen LogP contribution in [0.4, 0.5) is 0 Å². The number of benzene rings is 1. The molecule has 0 radical (unpaired) electrons. The van der Waals surface area contributed by atoms with Gasteiger partial charge in [0.05, 0.1) is 0 Å². The molecular formula is C21H21NO4S. The van der Waals surface area contributed by atoms with Crippen LogP contribution in [0.1, 0.15) is 37.8 Å². The van der Waals surface area contributed by atoms with E-state index in [4.69, 9.17) is 4.74 Å². The number of carbonyl (C=O) groups is 3. The second-order valence-corrected chi connectivity index (χ2v) is 7.35. The Labute approximate surface area is 162 Å². The summed E-state index contributed by atoms with van der Waals surface area (Å²) < 4.78 is 5.80. The molecule has 1 aliphatic rings. The molecule has 1 heterocycles. The summed E-state index contributed by atoms with van der Waals surface area (Å²) in [5.41, 5.74) is 0.636. The van der Waals surface area contributed by atoms with E-state index in [-0.39, 0.29) is 42.5 Å². The Morgan fingerprint density at radius 3 is 2.37 bits per heavy atom. The molecule has 140 valence electrons. The maximum absolute atomic E-state index is 12.3. The van der Waals surface area contributed by atoms with Gasteiger partial charge in [-0.2, -0.15) is 0 Å². The Morgan fingerprint density at radius 2 is 1.78 bits per heavy atom. The first kappa shape index (κ1) is 19.3. The van der Waals surface area contributed by atoms with Crippen LogP contribution in [0.15, 0.2) is 47.4 Å². The molecule has 5 nitrogen and oxygen atoms in total. The fraction of sp³-hybridized carbons (Fsp3) is 0.333. The van der Waals surface area contributed by atoms with Crippen LogP contribution in [-0.4, -0.2) is 28.6 Å². The lowest BCUT2D eigenvalue weighted by atomic mass is 9.76. The van der Waals surface area contributed by atoms with Gasteiger partial charge in [0.2, 0.25) is 5.88 Å². The number of nitrogens with zero attached hydrogens (tertiary/aromatic N) is 1. The average Bonchev–Trinajstić information content (AvgIpc) is 2.68. The van der Waals surface area contributed by atoms with E-state index in [1.165, 1.54) is 0 Å². The number of ether oxygens (including phenoxy) is 1. The van der Waals surface area contributed by atoms with Gasteiger partial charge in [0.1, 0.15) is 11.7 Å². The van der Waals surface area contributed by atoms with E-state index in [1.807, 2.05) is 30.5 Å². The third-order valence-corrected chi connectivity index (χ3v) is 5.40. The molecule has 1 aromatic heterocycles. The zero-order valence-corrected chi connectivity index (χ0v) is 16.1. The molecule has 0 N–H and O–H groups in total. The highest BCUT2D eigenvalue weighted by atomic mass is 32.2. The SMILES string of the molecule is CCC(=O)C1C(=O)CC(c2cccc(Oc3ccc(SC)cc3)n2)CC1=O. The van der Waals surface area contributed by atoms with Crippen molar-refractivity contribution in [3.8, 4) is 11.6 Å². The standard InChI is InChI=1S/C21H21NO4S/c1-3-17(23)21-18(24)11-13(12-19(21)25)16-5-4-6-20(22-16)26-14-7-9-15(27-2)10-8-14/h4-10,13,21H,3,11-12H2,1-2H3. The predicted octanol–water partition coefficient (Wildman–Crippen LogP) is 4.21. The van der Waals surface area contributed by atoms with Crippen molar-refractivity contribution in [1.29, 1.82) is 0 Å². The normalized spacial score (nSPS) is 19.8. The fourth-order valence-corrected chi connectivity index (χ4v) is 3.63. The molecular weight excluding hydrogens is 362 g/mol. The summed E-state index contributed by atoms with van der Waals surface area (Å²) in [5, 5.41) is 0. The molecule has 6 heteroatoms. The highest BCUT2D eigenvalue weighted by Crippen LogP contribution is 2.33. The van der Waals surface area contributed by atoms with Crippen LogP contribution < -0.4 is 4.74 Å². The number of aromatic nitrogens is 1. The maximum atomic E-state index is 12.3. The predicted molar refractivity (Wildman–Crippen MR) is 103 cm³/mol. The fourth-order valence-electron chi connectivity index (χ4n) is 3.23. The smallest absolute Gasteiger partial charge is 0.219 e. The van der Waals surface area contributed by atoms with Gasteiger partial charge in [-0.1, -0.05) is 13.0 Å². The average molecular weight is 383 g/mol. The van der Waals surface area contributed by atoms with Crippen molar-refractivity contribution >= 4 is 29.1 Å². The summed E-state index contributed by atoms with van der Waals surface area (Å²) in [5.74, 6) is -1.21. The number of pyridine rings is 1. The van der Waals surface area contributed by atoms with Crippen molar-refractivity contribution in [1.82, 2.24) is 4.98 Å². The number of rotatable bonds is 6. The van der Waals surface area contributed by atoms with Crippen molar-refractivity contribution in [3.63, 3.8) is 0 Å². The van der Waals surface area contributed by atoms with Crippen LogP contribution in [0.5, 0.6) is 11.6 Å². The van der Waals surface area contributed by atoms with Crippen LogP contribution in [0.25, 0.3) is 0 Å². The lowest BCUT2D eigenvalue weighted by molar-refractivity contribution is -0.142. The van der Waals surface area contributed by atoms with Crippen LogP contribution in [-0.2, 0) is 14.4 Å². The van der Waals surface area contributed by atoms with Crippen molar-refractivity contribution in [2.45, 2.75) is 37.0 Å². The molecule has 1 fully saturated rings. The van der Waals surface area contributed by atoms with Crippen molar-refractivity contribution in [2.75, 3.05) is 6.26 Å². The van der Waals surface area contributed by atoms with Crippen molar-refractivity contribution in [2.24, 2.45) is 5.92 Å². The topological polar surface area (TPSA) is 73.3 Å². The Kier molecular flexibility index (Phi) is 6.06. The summed E-state index contributed by atoms with van der Waals surface area (Å²) in [6, 6.07) is 13.0. The molecule has 0 aliphatic heterocycles. The molecule has 3 rings (SSSR count). The Morgan fingerprint density at radius 1 is 1.11 bits per heavy atom. The van der Waals surface area contributed by atoms with Crippen molar-refractivity contribution in [3.05, 3.63) is 48.2 Å². The lowest BCUT2D eigenvalue weighted by Gasteiger charge is -2.25. The zero-order valence-electron chi connectivity index (χ0n) is 15.3. The molecule has 0 amide bonds. The second-order valence-electron chi connectivity index (χ2n) is 6.47. The van der Waals surface area contributed by atoms with E-state index in [9.17, 15) is 14.4 Å². The van der Waals surface area contributed by atoms with Gasteiger partial charge in [-0.15, -0.1) is 11.8 Å². The number of hydrogen-bond donors (Lipinski definition) is 0. The van der Waals surface area contributed by atoms with Crippen LogP contribution in [0.2, 0.25) is 0 Å². The minimum Gasteiger partial charge on any atom is -0.439 e. The number of hydrogen-bond acceptors (Lipinski definition) is 6. The minimum absolute atomic E-state index is 0.154. The lowest BCUT2D eigenvalue weighted by Crippen LogP contribution is -2.37. The molecule has 2 aromatic rings. The van der Waals surface area contributed by atoms with Gasteiger partial charge in [-0.05, 0) is 36.6 Å². The number of Topliss-reactive ketones (excluding diaryl/α,β-unsaturated/α-hetero) is 3. The largest absolute Gasteiger partial charge is 0.439 e. The molecule has 0 unspecified atom stereocenters. The highest BCUT2D eigenvalue weighted by molar-refractivity contribution is 7.98. The van der Waals surface area contributed by atoms with E-state index >= 15 is 0 Å². The number of carbonyl (C=O) groups excluding carboxylic acids is 3. The number of thioether (sulfide) groups is 1. The second kappa shape index (κ2) is 8.48. The van der Waals surface area contributed by atoms with Gasteiger partial charge in [-0.3, -0.25) is 14.4 Å². The Bertz CT molecular complexity index is 845. The van der Waals surface area contributed by atoms with Crippen LogP contribution in [0.3, 0.4) is 0 Å². The molecule has 0 atom stereocenters. The van der Waals surface area contributed by atoms with Gasteiger partial charge in [-0.25, -0.2) is 4.98 Å². The van der Waals surface area contributed by atoms with E-state index < -0.39 is 5.92 Å². The first-order valence-electron chi connectivity index (χ1n) is 8.88. The highest BCUT2D eigenvalue weighted by Gasteiger charge is 2.40. The molecule has 0 saturated heterocycles. The Balaban J connectivity index is 1.74. The zero-order chi connectivity index (χ0) is 19.4. The molecule has 0 bridgehead atoms. The van der Waals surface area contributed by atoms with Crippen molar-refractivity contribution < 1.29 is 19.1 Å². The summed E-state index contributed by atoms with van der Waals surface area (Å²) in [6.45, 7) is 1.67. The minimum atomic E-state index is -1.08. The van der Waals surface area contributed by atoms with Gasteiger partial charge in [0.15, 0.2) is 17.3 Å². The van der Waals surface area contributed by atoms with E-state index in [0.29, 0.717) is 17.3 Å². The van der Waals surface area contributed by atoms with Crippen LogP contribution >= 0.6 is 11.8 Å². The summed E-state index contributed by atoms with van der Waals surface area (Å²) in [4.78, 5) is 42.1. The number of ketones is 3. The van der Waals surface area contributed by atoms with Gasteiger partial charge < -0.3 is 4.74 Å².